The van der Waals surface area contributed by atoms with Crippen molar-refractivity contribution in [1.29, 1.82) is 0 Å². The fourth-order valence-electron chi connectivity index (χ4n) is 1.98. The van der Waals surface area contributed by atoms with Gasteiger partial charge < -0.3 is 14.2 Å². The molecule has 0 saturated heterocycles. The Morgan fingerprint density at radius 1 is 0.760 bits per heavy atom. The summed E-state index contributed by atoms with van der Waals surface area (Å²) in [6.45, 7) is 8.42. The number of esters is 1. The van der Waals surface area contributed by atoms with Crippen molar-refractivity contribution >= 4 is 5.97 Å². The number of hydrogen-bond acceptors (Lipinski definition) is 4. The second kappa shape index (κ2) is 9.98. The maximum atomic E-state index is 12.2. The minimum Gasteiger partial charge on any atom is -0.493 e. The van der Waals surface area contributed by atoms with Crippen LogP contribution in [0.4, 0.5) is 0 Å². The Balaban J connectivity index is 1.88. The van der Waals surface area contributed by atoms with E-state index in [1.807, 2.05) is 0 Å². The second-order valence-electron chi connectivity index (χ2n) is 5.24. The lowest BCUT2D eigenvalue weighted by molar-refractivity contribution is 0.0734. The third-order valence-corrected chi connectivity index (χ3v) is 3.31. The van der Waals surface area contributed by atoms with Gasteiger partial charge in [0.2, 0.25) is 0 Å². The monoisotopic (exact) mass is 338 g/mol. The Morgan fingerprint density at radius 3 is 1.68 bits per heavy atom. The minimum absolute atomic E-state index is 0.419. The van der Waals surface area contributed by atoms with Crippen molar-refractivity contribution in [3.05, 3.63) is 79.4 Å². The molecule has 4 heteroatoms. The van der Waals surface area contributed by atoms with Gasteiger partial charge in [-0.05, 0) is 61.4 Å². The van der Waals surface area contributed by atoms with Crippen LogP contribution >= 0.6 is 0 Å². The van der Waals surface area contributed by atoms with Gasteiger partial charge in [-0.2, -0.15) is 0 Å². The standard InChI is InChI=1S/C21H22O4/c1-3-5-15-23-18-9-7-17(8-10-18)21(22)25-20-13-11-19(12-14-20)24-16-6-4-2/h3-4,7-14H,1-2,5-6,15-16H2. The molecular formula is C21H22O4. The molecule has 0 unspecified atom stereocenters. The van der Waals surface area contributed by atoms with Crippen LogP contribution in [0.25, 0.3) is 0 Å². The third kappa shape index (κ3) is 6.18. The summed E-state index contributed by atoms with van der Waals surface area (Å²) in [5.74, 6) is 1.48. The fourth-order valence-corrected chi connectivity index (χ4v) is 1.98. The minimum atomic E-state index is -0.419. The highest BCUT2D eigenvalue weighted by Gasteiger charge is 2.09. The molecule has 4 nitrogen and oxygen atoms in total. The highest BCUT2D eigenvalue weighted by atomic mass is 16.5. The van der Waals surface area contributed by atoms with Crippen molar-refractivity contribution in [2.24, 2.45) is 0 Å². The van der Waals surface area contributed by atoms with E-state index in [9.17, 15) is 4.79 Å². The van der Waals surface area contributed by atoms with E-state index in [-0.39, 0.29) is 0 Å². The number of ether oxygens (including phenoxy) is 3. The number of hydrogen-bond donors (Lipinski definition) is 0. The fraction of sp³-hybridized carbons (Fsp3) is 0.190. The Labute approximate surface area is 148 Å². The van der Waals surface area contributed by atoms with Gasteiger partial charge in [-0.25, -0.2) is 4.79 Å². The maximum absolute atomic E-state index is 12.2. The third-order valence-electron chi connectivity index (χ3n) is 3.31. The molecule has 130 valence electrons. The molecule has 0 aromatic heterocycles. The zero-order valence-corrected chi connectivity index (χ0v) is 14.1. The van der Waals surface area contributed by atoms with Crippen LogP contribution < -0.4 is 14.2 Å². The summed E-state index contributed by atoms with van der Waals surface area (Å²) in [5.41, 5.74) is 0.461. The van der Waals surface area contributed by atoms with Crippen LogP contribution in [0.3, 0.4) is 0 Å². The molecule has 0 heterocycles. The van der Waals surface area contributed by atoms with Crippen LogP contribution in [0.15, 0.2) is 73.8 Å². The van der Waals surface area contributed by atoms with Gasteiger partial charge in [0.15, 0.2) is 0 Å². The number of carbonyl (C=O) groups is 1. The van der Waals surface area contributed by atoms with E-state index in [0.29, 0.717) is 30.3 Å². The maximum Gasteiger partial charge on any atom is 0.343 e. The van der Waals surface area contributed by atoms with Crippen LogP contribution in [0.2, 0.25) is 0 Å². The SMILES string of the molecule is C=CCCOc1ccc(OC(=O)c2ccc(OCCC=C)cc2)cc1. The van der Waals surface area contributed by atoms with E-state index in [1.54, 1.807) is 60.7 Å². The van der Waals surface area contributed by atoms with Crippen molar-refractivity contribution < 1.29 is 19.0 Å². The predicted molar refractivity (Wildman–Crippen MR) is 98.5 cm³/mol. The predicted octanol–water partition coefficient (Wildman–Crippen LogP) is 4.82. The van der Waals surface area contributed by atoms with Crippen LogP contribution in [0.1, 0.15) is 23.2 Å². The van der Waals surface area contributed by atoms with E-state index >= 15 is 0 Å². The second-order valence-corrected chi connectivity index (χ2v) is 5.24. The molecule has 0 amide bonds. The summed E-state index contributed by atoms with van der Waals surface area (Å²) in [6, 6.07) is 13.8. The summed E-state index contributed by atoms with van der Waals surface area (Å²) in [7, 11) is 0. The zero-order valence-electron chi connectivity index (χ0n) is 14.1. The molecule has 2 rings (SSSR count). The van der Waals surface area contributed by atoms with Crippen LogP contribution in [-0.2, 0) is 0 Å². The van der Waals surface area contributed by atoms with E-state index in [2.05, 4.69) is 13.2 Å². The molecule has 0 fully saturated rings. The Bertz CT molecular complexity index is 687. The Kier molecular flexibility index (Phi) is 7.32. The molecule has 0 bridgehead atoms. The van der Waals surface area contributed by atoms with E-state index in [0.717, 1.165) is 18.6 Å². The molecule has 0 saturated carbocycles. The van der Waals surface area contributed by atoms with Gasteiger partial charge in [0.1, 0.15) is 17.2 Å². The first kappa shape index (κ1) is 18.3. The highest BCUT2D eigenvalue weighted by molar-refractivity contribution is 5.91. The molecule has 0 aliphatic carbocycles. The van der Waals surface area contributed by atoms with Crippen molar-refractivity contribution in [3.8, 4) is 17.2 Å². The van der Waals surface area contributed by atoms with Gasteiger partial charge in [-0.1, -0.05) is 12.2 Å². The molecule has 0 aliphatic heterocycles. The van der Waals surface area contributed by atoms with Crippen molar-refractivity contribution in [3.63, 3.8) is 0 Å². The molecule has 0 atom stereocenters. The molecule has 0 spiro atoms. The molecular weight excluding hydrogens is 316 g/mol. The summed E-state index contributed by atoms with van der Waals surface area (Å²) in [4.78, 5) is 12.2. The van der Waals surface area contributed by atoms with Crippen LogP contribution in [-0.4, -0.2) is 19.2 Å². The summed E-state index contributed by atoms with van der Waals surface area (Å²) < 4.78 is 16.4. The highest BCUT2D eigenvalue weighted by Crippen LogP contribution is 2.20. The lowest BCUT2D eigenvalue weighted by Crippen LogP contribution is -2.08. The largest absolute Gasteiger partial charge is 0.493 e. The van der Waals surface area contributed by atoms with Gasteiger partial charge in [0, 0.05) is 0 Å². The molecule has 25 heavy (non-hydrogen) atoms. The lowest BCUT2D eigenvalue weighted by atomic mass is 10.2. The first-order chi connectivity index (χ1) is 12.2. The topological polar surface area (TPSA) is 44.8 Å². The smallest absolute Gasteiger partial charge is 0.343 e. The van der Waals surface area contributed by atoms with Gasteiger partial charge in [-0.3, -0.25) is 0 Å². The van der Waals surface area contributed by atoms with E-state index in [4.69, 9.17) is 14.2 Å². The van der Waals surface area contributed by atoms with Crippen molar-refractivity contribution in [2.75, 3.05) is 13.2 Å². The van der Waals surface area contributed by atoms with Gasteiger partial charge in [-0.15, -0.1) is 13.2 Å². The summed E-state index contributed by atoms with van der Waals surface area (Å²) >= 11 is 0. The molecule has 0 aliphatic rings. The molecule has 0 N–H and O–H groups in total. The molecule has 2 aromatic carbocycles. The van der Waals surface area contributed by atoms with Crippen molar-refractivity contribution in [1.82, 2.24) is 0 Å². The first-order valence-electron chi connectivity index (χ1n) is 8.12. The van der Waals surface area contributed by atoms with E-state index in [1.165, 1.54) is 0 Å². The number of benzene rings is 2. The summed E-state index contributed by atoms with van der Waals surface area (Å²) in [6.07, 6.45) is 5.15. The van der Waals surface area contributed by atoms with E-state index < -0.39 is 5.97 Å². The Hall–Kier alpha value is -3.01. The quantitative estimate of drug-likeness (QED) is 0.270. The van der Waals surface area contributed by atoms with Crippen LogP contribution in [0.5, 0.6) is 17.2 Å². The lowest BCUT2D eigenvalue weighted by Gasteiger charge is -2.08. The first-order valence-corrected chi connectivity index (χ1v) is 8.12. The summed E-state index contributed by atoms with van der Waals surface area (Å²) in [5, 5.41) is 0. The number of rotatable bonds is 10. The molecule has 0 radical (unpaired) electrons. The number of carbonyl (C=O) groups excluding carboxylic acids is 1. The Morgan fingerprint density at radius 2 is 1.20 bits per heavy atom. The van der Waals surface area contributed by atoms with Crippen molar-refractivity contribution in [2.45, 2.75) is 12.8 Å². The average Bonchev–Trinajstić information content (AvgIpc) is 2.64. The zero-order chi connectivity index (χ0) is 17.9. The molecule has 2 aromatic rings. The van der Waals surface area contributed by atoms with Gasteiger partial charge in [0.25, 0.3) is 0 Å². The van der Waals surface area contributed by atoms with Crippen LogP contribution in [0, 0.1) is 0 Å². The van der Waals surface area contributed by atoms with Gasteiger partial charge in [0.05, 0.1) is 18.8 Å². The average molecular weight is 338 g/mol. The normalized spacial score (nSPS) is 9.92. The van der Waals surface area contributed by atoms with Gasteiger partial charge >= 0.3 is 5.97 Å².